The number of nitrogens with zero attached hydrogens (tertiary/aromatic N) is 1. The van der Waals surface area contributed by atoms with E-state index in [-0.39, 0.29) is 0 Å². The van der Waals surface area contributed by atoms with E-state index in [1.807, 2.05) is 6.92 Å². The molecular formula is C9H15ClN2OS. The topological polar surface area (TPSA) is 34.1 Å². The molecule has 80 valence electrons. The minimum Gasteiger partial charge on any atom is -0.382 e. The predicted molar refractivity (Wildman–Crippen MR) is 59.9 cm³/mol. The van der Waals surface area contributed by atoms with Crippen molar-refractivity contribution < 1.29 is 4.74 Å². The van der Waals surface area contributed by atoms with E-state index in [0.29, 0.717) is 0 Å². The number of hydrogen-bond donors (Lipinski definition) is 1. The maximum atomic E-state index is 5.75. The third-order valence-corrected chi connectivity index (χ3v) is 2.76. The zero-order valence-electron chi connectivity index (χ0n) is 8.25. The zero-order chi connectivity index (χ0) is 10.2. The standard InChI is InChI=1S/C9H15ClN2OS/c1-2-13-5-3-4-11-7-9-12-6-8(10)14-9/h6,11H,2-5,7H2,1H3. The van der Waals surface area contributed by atoms with Crippen molar-refractivity contribution in [1.82, 2.24) is 10.3 Å². The first-order valence-electron chi connectivity index (χ1n) is 4.71. The van der Waals surface area contributed by atoms with Crippen LogP contribution in [0.25, 0.3) is 0 Å². The van der Waals surface area contributed by atoms with Gasteiger partial charge in [0.1, 0.15) is 9.34 Å². The molecule has 0 amide bonds. The summed E-state index contributed by atoms with van der Waals surface area (Å²) in [6, 6.07) is 0. The number of ether oxygens (including phenoxy) is 1. The van der Waals surface area contributed by atoms with Crippen LogP contribution < -0.4 is 5.32 Å². The summed E-state index contributed by atoms with van der Waals surface area (Å²) in [5.74, 6) is 0. The molecule has 14 heavy (non-hydrogen) atoms. The van der Waals surface area contributed by atoms with Gasteiger partial charge in [0.15, 0.2) is 0 Å². The third-order valence-electron chi connectivity index (χ3n) is 1.65. The smallest absolute Gasteiger partial charge is 0.113 e. The molecule has 0 aliphatic rings. The first kappa shape index (κ1) is 11.9. The fraction of sp³-hybridized carbons (Fsp3) is 0.667. The molecule has 0 bridgehead atoms. The normalized spacial score (nSPS) is 10.7. The van der Waals surface area contributed by atoms with Crippen LogP contribution in [-0.2, 0) is 11.3 Å². The molecule has 0 spiro atoms. The van der Waals surface area contributed by atoms with Crippen LogP contribution in [-0.4, -0.2) is 24.7 Å². The lowest BCUT2D eigenvalue weighted by atomic mass is 10.4. The summed E-state index contributed by atoms with van der Waals surface area (Å²) in [4.78, 5) is 4.14. The van der Waals surface area contributed by atoms with Gasteiger partial charge in [-0.3, -0.25) is 0 Å². The largest absolute Gasteiger partial charge is 0.382 e. The highest BCUT2D eigenvalue weighted by Crippen LogP contribution is 2.17. The summed E-state index contributed by atoms with van der Waals surface area (Å²) in [6.07, 6.45) is 2.72. The van der Waals surface area contributed by atoms with Crippen LogP contribution in [0, 0.1) is 0 Å². The minimum absolute atomic E-state index is 0.746. The Morgan fingerprint density at radius 2 is 2.50 bits per heavy atom. The average molecular weight is 235 g/mol. The number of nitrogens with one attached hydrogen (secondary N) is 1. The molecule has 0 fully saturated rings. The van der Waals surface area contributed by atoms with E-state index < -0.39 is 0 Å². The van der Waals surface area contributed by atoms with Crippen LogP contribution in [0.5, 0.6) is 0 Å². The molecular weight excluding hydrogens is 220 g/mol. The molecule has 1 heterocycles. The van der Waals surface area contributed by atoms with Crippen LogP contribution in [0.15, 0.2) is 6.20 Å². The molecule has 0 aliphatic carbocycles. The first-order valence-corrected chi connectivity index (χ1v) is 5.91. The Bertz CT molecular complexity index is 255. The average Bonchev–Trinajstić information content (AvgIpc) is 2.58. The highest BCUT2D eigenvalue weighted by atomic mass is 35.5. The molecule has 1 N–H and O–H groups in total. The quantitative estimate of drug-likeness (QED) is 0.736. The van der Waals surface area contributed by atoms with Crippen LogP contribution in [0.3, 0.4) is 0 Å². The molecule has 0 aliphatic heterocycles. The molecule has 0 unspecified atom stereocenters. The number of hydrogen-bond acceptors (Lipinski definition) is 4. The Morgan fingerprint density at radius 3 is 3.14 bits per heavy atom. The summed E-state index contributed by atoms with van der Waals surface area (Å²) in [7, 11) is 0. The van der Waals surface area contributed by atoms with Crippen molar-refractivity contribution in [2.45, 2.75) is 19.9 Å². The van der Waals surface area contributed by atoms with Gasteiger partial charge in [-0.25, -0.2) is 4.98 Å². The summed E-state index contributed by atoms with van der Waals surface area (Å²) >= 11 is 7.27. The molecule has 0 radical (unpaired) electrons. The minimum atomic E-state index is 0.746. The second-order valence-electron chi connectivity index (χ2n) is 2.79. The fourth-order valence-electron chi connectivity index (χ4n) is 1.01. The number of thiazole rings is 1. The molecule has 1 rings (SSSR count). The predicted octanol–water partition coefficient (Wildman–Crippen LogP) is 2.31. The van der Waals surface area contributed by atoms with Crippen molar-refractivity contribution in [1.29, 1.82) is 0 Å². The molecule has 0 saturated carbocycles. The Balaban J connectivity index is 1.99. The monoisotopic (exact) mass is 234 g/mol. The second kappa shape index (κ2) is 7.17. The molecule has 3 nitrogen and oxygen atoms in total. The maximum Gasteiger partial charge on any atom is 0.113 e. The van der Waals surface area contributed by atoms with E-state index in [0.717, 1.165) is 42.1 Å². The van der Waals surface area contributed by atoms with Crippen molar-refractivity contribution in [3.05, 3.63) is 15.5 Å². The van der Waals surface area contributed by atoms with Crippen molar-refractivity contribution in [2.24, 2.45) is 0 Å². The lowest BCUT2D eigenvalue weighted by Gasteiger charge is -2.02. The van der Waals surface area contributed by atoms with Crippen LogP contribution in [0.2, 0.25) is 4.34 Å². The Labute approximate surface area is 93.4 Å². The van der Waals surface area contributed by atoms with E-state index in [2.05, 4.69) is 10.3 Å². The molecule has 5 heteroatoms. The van der Waals surface area contributed by atoms with E-state index in [1.165, 1.54) is 11.3 Å². The lowest BCUT2D eigenvalue weighted by Crippen LogP contribution is -2.16. The van der Waals surface area contributed by atoms with Crippen molar-refractivity contribution in [2.75, 3.05) is 19.8 Å². The zero-order valence-corrected chi connectivity index (χ0v) is 9.83. The van der Waals surface area contributed by atoms with Gasteiger partial charge >= 0.3 is 0 Å². The van der Waals surface area contributed by atoms with Gasteiger partial charge in [-0.15, -0.1) is 11.3 Å². The summed E-state index contributed by atoms with van der Waals surface area (Å²) in [6.45, 7) is 5.37. The third kappa shape index (κ3) is 4.91. The van der Waals surface area contributed by atoms with Gasteiger partial charge in [0.05, 0.1) is 6.20 Å². The number of halogens is 1. The van der Waals surface area contributed by atoms with E-state index in [4.69, 9.17) is 16.3 Å². The Hall–Kier alpha value is -0.160. The number of aromatic nitrogens is 1. The highest BCUT2D eigenvalue weighted by molar-refractivity contribution is 7.15. The van der Waals surface area contributed by atoms with Crippen molar-refractivity contribution in [3.63, 3.8) is 0 Å². The van der Waals surface area contributed by atoms with Gasteiger partial charge in [-0.1, -0.05) is 11.6 Å². The van der Waals surface area contributed by atoms with Crippen LogP contribution in [0.1, 0.15) is 18.4 Å². The second-order valence-corrected chi connectivity index (χ2v) is 4.53. The fourth-order valence-corrected chi connectivity index (χ4v) is 1.93. The Kier molecular flexibility index (Phi) is 6.10. The molecule has 1 aromatic rings. The number of rotatable bonds is 7. The van der Waals surface area contributed by atoms with Crippen LogP contribution in [0.4, 0.5) is 0 Å². The van der Waals surface area contributed by atoms with Gasteiger partial charge in [-0.2, -0.15) is 0 Å². The molecule has 1 aromatic heterocycles. The first-order chi connectivity index (χ1) is 6.83. The van der Waals surface area contributed by atoms with Gasteiger partial charge in [0.2, 0.25) is 0 Å². The van der Waals surface area contributed by atoms with Gasteiger partial charge in [0.25, 0.3) is 0 Å². The van der Waals surface area contributed by atoms with Gasteiger partial charge < -0.3 is 10.1 Å². The van der Waals surface area contributed by atoms with Crippen LogP contribution >= 0.6 is 22.9 Å². The van der Waals surface area contributed by atoms with E-state index >= 15 is 0 Å². The summed E-state index contributed by atoms with van der Waals surface area (Å²) < 4.78 is 5.96. The van der Waals surface area contributed by atoms with Crippen molar-refractivity contribution >= 4 is 22.9 Å². The maximum absolute atomic E-state index is 5.75. The SMILES string of the molecule is CCOCCCNCc1ncc(Cl)s1. The van der Waals surface area contributed by atoms with Gasteiger partial charge in [-0.05, 0) is 19.9 Å². The molecule has 0 atom stereocenters. The van der Waals surface area contributed by atoms with Crippen molar-refractivity contribution in [3.8, 4) is 0 Å². The summed E-state index contributed by atoms with van der Waals surface area (Å²) in [5.41, 5.74) is 0. The molecule has 0 saturated heterocycles. The van der Waals surface area contributed by atoms with E-state index in [1.54, 1.807) is 6.20 Å². The molecule has 0 aromatic carbocycles. The lowest BCUT2D eigenvalue weighted by molar-refractivity contribution is 0.144. The van der Waals surface area contributed by atoms with Gasteiger partial charge in [0, 0.05) is 19.8 Å². The Morgan fingerprint density at radius 1 is 1.64 bits per heavy atom. The van der Waals surface area contributed by atoms with E-state index in [9.17, 15) is 0 Å². The highest BCUT2D eigenvalue weighted by Gasteiger charge is 1.98. The summed E-state index contributed by atoms with van der Waals surface area (Å²) in [5, 5.41) is 4.32.